The molecule has 1 N–H and O–H groups in total. The lowest BCUT2D eigenvalue weighted by Gasteiger charge is -2.48. The van der Waals surface area contributed by atoms with Crippen LogP contribution in [0, 0.1) is 5.92 Å². The molecule has 3 aromatic heterocycles. The van der Waals surface area contributed by atoms with Crippen molar-refractivity contribution in [3.63, 3.8) is 0 Å². The summed E-state index contributed by atoms with van der Waals surface area (Å²) in [4.78, 5) is 16.4. The molecule has 1 aromatic carbocycles. The van der Waals surface area contributed by atoms with Crippen molar-refractivity contribution in [3.05, 3.63) is 54.1 Å². The molecule has 216 valence electrons. The van der Waals surface area contributed by atoms with E-state index in [1.165, 1.54) is 11.8 Å². The molecule has 1 fully saturated rings. The molecule has 4 aromatic rings. The Labute approximate surface area is 241 Å². The van der Waals surface area contributed by atoms with Gasteiger partial charge in [-0.15, -0.1) is 0 Å². The molecule has 0 radical (unpaired) electrons. The highest BCUT2D eigenvalue weighted by atomic mass is 32.2. The first-order chi connectivity index (χ1) is 19.6. The monoisotopic (exact) mass is 575 g/mol. The summed E-state index contributed by atoms with van der Waals surface area (Å²) < 4.78 is 31.1. The molecule has 0 bridgehead atoms. The summed E-state index contributed by atoms with van der Waals surface area (Å²) in [7, 11) is -1.29. The summed E-state index contributed by atoms with van der Waals surface area (Å²) in [6, 6.07) is 8.65. The van der Waals surface area contributed by atoms with Crippen molar-refractivity contribution in [2.45, 2.75) is 51.6 Å². The third-order valence-electron chi connectivity index (χ3n) is 8.44. The average Bonchev–Trinajstić information content (AvgIpc) is 3.53. The van der Waals surface area contributed by atoms with Crippen molar-refractivity contribution < 1.29 is 13.2 Å². The quantitative estimate of drug-likeness (QED) is 0.302. The summed E-state index contributed by atoms with van der Waals surface area (Å²) in [6.45, 7) is 7.84. The van der Waals surface area contributed by atoms with E-state index in [0.717, 1.165) is 47.1 Å². The summed E-state index contributed by atoms with van der Waals surface area (Å²) in [5.41, 5.74) is 4.41. The minimum absolute atomic E-state index is 0.133. The van der Waals surface area contributed by atoms with Gasteiger partial charge in [-0.2, -0.15) is 5.10 Å². The van der Waals surface area contributed by atoms with Crippen molar-refractivity contribution in [2.75, 3.05) is 42.5 Å². The Bertz CT molecular complexity index is 1700. The molecule has 2 aliphatic rings. The molecule has 10 nitrogen and oxygen atoms in total. The Morgan fingerprint density at radius 2 is 1.95 bits per heavy atom. The van der Waals surface area contributed by atoms with Gasteiger partial charge in [-0.05, 0) is 54.8 Å². The summed E-state index contributed by atoms with van der Waals surface area (Å²) >= 11 is 0. The van der Waals surface area contributed by atoms with E-state index in [0.29, 0.717) is 30.0 Å². The predicted molar refractivity (Wildman–Crippen MR) is 162 cm³/mol. The van der Waals surface area contributed by atoms with Crippen LogP contribution in [-0.2, 0) is 21.0 Å². The Hall–Kier alpha value is -3.57. The lowest BCUT2D eigenvalue weighted by molar-refractivity contribution is 0.153. The van der Waals surface area contributed by atoms with Gasteiger partial charge in [0.15, 0.2) is 5.82 Å². The van der Waals surface area contributed by atoms with E-state index in [1.807, 2.05) is 23.1 Å². The highest BCUT2D eigenvalue weighted by Gasteiger charge is 2.38. The zero-order valence-electron chi connectivity index (χ0n) is 24.2. The number of methoxy groups -OCH3 is 1. The van der Waals surface area contributed by atoms with Gasteiger partial charge in [0.2, 0.25) is 0 Å². The zero-order valence-corrected chi connectivity index (χ0v) is 25.0. The normalized spacial score (nSPS) is 20.4. The zero-order chi connectivity index (χ0) is 28.9. The van der Waals surface area contributed by atoms with Crippen LogP contribution < -0.4 is 10.2 Å². The fourth-order valence-corrected chi connectivity index (χ4v) is 7.42. The number of fused-ring (bicyclic) bond motifs is 2. The van der Waals surface area contributed by atoms with Gasteiger partial charge in [0.1, 0.15) is 21.5 Å². The van der Waals surface area contributed by atoms with E-state index in [1.54, 1.807) is 13.3 Å². The standard InChI is InChI=1S/C30H37N7O3S/c1-18(2)22-7-9-26(36-15-20(19(36)3)17-41(5,38)39)24-13-32-29(12-23(22)24)34-28-10-11-31-30(35-28)25-14-33-37-21(16-40-4)6-8-27(25)37/h7,9-14,18-21H,6,8,15-17H2,1-5H3,(H,31,32,34,35)/t19-,20-,21?/m1/s1. The number of nitrogens with one attached hydrogen (secondary N) is 1. The number of sulfone groups is 1. The maximum Gasteiger partial charge on any atom is 0.164 e. The first kappa shape index (κ1) is 27.6. The van der Waals surface area contributed by atoms with Crippen molar-refractivity contribution in [3.8, 4) is 11.4 Å². The Morgan fingerprint density at radius 1 is 1.12 bits per heavy atom. The van der Waals surface area contributed by atoms with Crippen molar-refractivity contribution >= 4 is 37.9 Å². The van der Waals surface area contributed by atoms with Crippen LogP contribution in [0.15, 0.2) is 42.9 Å². The van der Waals surface area contributed by atoms with Gasteiger partial charge in [-0.1, -0.05) is 19.9 Å². The minimum Gasteiger partial charge on any atom is -0.382 e. The van der Waals surface area contributed by atoms with Crippen LogP contribution in [0.2, 0.25) is 0 Å². The fourth-order valence-electron chi connectivity index (χ4n) is 6.25. The molecule has 1 unspecified atom stereocenters. The van der Waals surface area contributed by atoms with Gasteiger partial charge in [0.25, 0.3) is 0 Å². The molecule has 1 saturated heterocycles. The number of benzene rings is 1. The minimum atomic E-state index is -3.01. The first-order valence-corrected chi connectivity index (χ1v) is 16.2. The first-order valence-electron chi connectivity index (χ1n) is 14.2. The number of hydrogen-bond acceptors (Lipinski definition) is 9. The largest absolute Gasteiger partial charge is 0.382 e. The third-order valence-corrected chi connectivity index (χ3v) is 9.47. The number of rotatable bonds is 9. The lowest BCUT2D eigenvalue weighted by atomic mass is 9.88. The molecule has 11 heteroatoms. The van der Waals surface area contributed by atoms with E-state index in [9.17, 15) is 8.42 Å². The second kappa shape index (κ2) is 10.7. The Balaban J connectivity index is 1.28. The average molecular weight is 576 g/mol. The second-order valence-electron chi connectivity index (χ2n) is 11.7. The van der Waals surface area contributed by atoms with E-state index in [4.69, 9.17) is 14.7 Å². The number of ether oxygens (including phenoxy) is 1. The van der Waals surface area contributed by atoms with Crippen molar-refractivity contribution in [1.29, 1.82) is 0 Å². The van der Waals surface area contributed by atoms with Crippen LogP contribution in [0.4, 0.5) is 17.3 Å². The van der Waals surface area contributed by atoms with Gasteiger partial charge >= 0.3 is 0 Å². The molecule has 0 saturated carbocycles. The van der Waals surface area contributed by atoms with E-state index >= 15 is 0 Å². The molecular weight excluding hydrogens is 538 g/mol. The van der Waals surface area contributed by atoms with E-state index in [-0.39, 0.29) is 23.8 Å². The topological polar surface area (TPSA) is 115 Å². The summed E-state index contributed by atoms with van der Waals surface area (Å²) in [5, 5.41) is 10.2. The van der Waals surface area contributed by atoms with Crippen LogP contribution in [0.5, 0.6) is 0 Å². The van der Waals surface area contributed by atoms with Gasteiger partial charge < -0.3 is 15.0 Å². The number of hydrogen-bond donors (Lipinski definition) is 1. The van der Waals surface area contributed by atoms with Crippen molar-refractivity contribution in [2.24, 2.45) is 5.92 Å². The van der Waals surface area contributed by atoms with Crippen LogP contribution in [0.1, 0.15) is 50.4 Å². The molecule has 0 amide bonds. The summed E-state index contributed by atoms with van der Waals surface area (Å²) in [6.07, 6.45) is 8.75. The number of anilines is 3. The van der Waals surface area contributed by atoms with Crippen LogP contribution in [0.3, 0.4) is 0 Å². The van der Waals surface area contributed by atoms with Gasteiger partial charge in [0, 0.05) is 61.0 Å². The van der Waals surface area contributed by atoms with Crippen LogP contribution in [0.25, 0.3) is 22.2 Å². The smallest absolute Gasteiger partial charge is 0.164 e. The molecular formula is C30H37N7O3S. The van der Waals surface area contributed by atoms with Gasteiger partial charge in [-0.25, -0.2) is 23.4 Å². The molecule has 6 rings (SSSR count). The second-order valence-corrected chi connectivity index (χ2v) is 13.9. The molecule has 0 aliphatic carbocycles. The SMILES string of the molecule is COCC1CCc2c(-c3nccc(Nc4cc5c(C(C)C)ccc(N6C[C@H](CS(C)(=O)=O)[C@H]6C)c5cn4)n3)cnn21. The highest BCUT2D eigenvalue weighted by molar-refractivity contribution is 7.90. The maximum absolute atomic E-state index is 11.9. The van der Waals surface area contributed by atoms with Gasteiger partial charge in [-0.3, -0.25) is 4.68 Å². The van der Waals surface area contributed by atoms with Gasteiger partial charge in [0.05, 0.1) is 30.2 Å². The summed E-state index contributed by atoms with van der Waals surface area (Å²) in [5.74, 6) is 2.68. The van der Waals surface area contributed by atoms with Crippen LogP contribution >= 0.6 is 0 Å². The predicted octanol–water partition coefficient (Wildman–Crippen LogP) is 4.76. The Morgan fingerprint density at radius 3 is 2.68 bits per heavy atom. The molecule has 2 aliphatic heterocycles. The number of aromatic nitrogens is 5. The van der Waals surface area contributed by atoms with Crippen LogP contribution in [-0.4, -0.2) is 71.5 Å². The van der Waals surface area contributed by atoms with Crippen molar-refractivity contribution in [1.82, 2.24) is 24.7 Å². The molecule has 41 heavy (non-hydrogen) atoms. The number of pyridine rings is 1. The van der Waals surface area contributed by atoms with E-state index < -0.39 is 9.84 Å². The van der Waals surface area contributed by atoms with E-state index in [2.05, 4.69) is 59.3 Å². The Kier molecular flexibility index (Phi) is 7.19. The lowest BCUT2D eigenvalue weighted by Crippen LogP contribution is -2.57. The molecule has 0 spiro atoms. The highest BCUT2D eigenvalue weighted by Crippen LogP contribution is 2.40. The molecule has 5 heterocycles. The molecule has 3 atom stereocenters. The maximum atomic E-state index is 11.9. The number of nitrogens with zero attached hydrogens (tertiary/aromatic N) is 6. The third kappa shape index (κ3) is 5.28. The fraction of sp³-hybridized carbons (Fsp3) is 0.467.